The van der Waals surface area contributed by atoms with Crippen molar-refractivity contribution in [1.29, 1.82) is 0 Å². The summed E-state index contributed by atoms with van der Waals surface area (Å²) in [4.78, 5) is 17.2. The molecule has 1 aliphatic rings. The molecule has 1 amide bonds. The number of benzene rings is 1. The van der Waals surface area contributed by atoms with Crippen molar-refractivity contribution in [2.75, 3.05) is 5.32 Å². The van der Waals surface area contributed by atoms with E-state index in [0.29, 0.717) is 11.6 Å². The first-order valence-electron chi connectivity index (χ1n) is 7.26. The lowest BCUT2D eigenvalue weighted by molar-refractivity contribution is 0.102. The second kappa shape index (κ2) is 5.25. The third-order valence-electron chi connectivity index (χ3n) is 3.84. The Bertz CT molecular complexity index is 850. The van der Waals surface area contributed by atoms with Gasteiger partial charge in [0.1, 0.15) is 5.82 Å². The molecule has 5 heteroatoms. The summed E-state index contributed by atoms with van der Waals surface area (Å²) >= 11 is 3.39. The fourth-order valence-corrected chi connectivity index (χ4v) is 2.85. The summed E-state index contributed by atoms with van der Waals surface area (Å²) in [5, 5.41) is 2.91. The molecule has 2 aromatic heterocycles. The molecule has 0 aliphatic heterocycles. The van der Waals surface area contributed by atoms with Crippen LogP contribution in [-0.4, -0.2) is 15.3 Å². The third-order valence-corrected chi connectivity index (χ3v) is 4.36. The number of hydrogen-bond donors (Lipinski definition) is 1. The summed E-state index contributed by atoms with van der Waals surface area (Å²) in [7, 11) is 0. The smallest absolute Gasteiger partial charge is 0.276 e. The average molecular weight is 356 g/mol. The lowest BCUT2D eigenvalue weighted by Crippen LogP contribution is -2.12. The van der Waals surface area contributed by atoms with Crippen LogP contribution in [0, 0.1) is 0 Å². The minimum atomic E-state index is -0.169. The van der Waals surface area contributed by atoms with E-state index in [4.69, 9.17) is 0 Å². The number of hydrogen-bond acceptors (Lipinski definition) is 2. The van der Waals surface area contributed by atoms with Gasteiger partial charge in [-0.1, -0.05) is 22.0 Å². The maximum atomic E-state index is 12.6. The molecule has 0 atom stereocenters. The highest BCUT2D eigenvalue weighted by molar-refractivity contribution is 9.10. The van der Waals surface area contributed by atoms with Crippen LogP contribution in [0.5, 0.6) is 0 Å². The Morgan fingerprint density at radius 3 is 2.68 bits per heavy atom. The van der Waals surface area contributed by atoms with Gasteiger partial charge in [0.25, 0.3) is 5.91 Å². The van der Waals surface area contributed by atoms with Crippen molar-refractivity contribution in [3.63, 3.8) is 0 Å². The first kappa shape index (κ1) is 13.5. The molecular formula is C17H14BrN3O. The molecule has 2 heterocycles. The molecule has 1 fully saturated rings. The molecular weight excluding hydrogens is 342 g/mol. The summed E-state index contributed by atoms with van der Waals surface area (Å²) in [5.74, 6) is 1.32. The van der Waals surface area contributed by atoms with Crippen molar-refractivity contribution in [2.45, 2.75) is 18.8 Å². The molecule has 4 nitrogen and oxygen atoms in total. The lowest BCUT2D eigenvalue weighted by atomic mass is 10.3. The quantitative estimate of drug-likeness (QED) is 0.764. The van der Waals surface area contributed by atoms with Crippen LogP contribution in [-0.2, 0) is 0 Å². The topological polar surface area (TPSA) is 46.4 Å². The normalized spacial score (nSPS) is 14.2. The fraction of sp³-hybridized carbons (Fsp3) is 0.176. The van der Waals surface area contributed by atoms with E-state index in [1.165, 1.54) is 0 Å². The van der Waals surface area contributed by atoms with Gasteiger partial charge in [0, 0.05) is 22.3 Å². The molecule has 0 unspecified atom stereocenters. The maximum Gasteiger partial charge on any atom is 0.276 e. The van der Waals surface area contributed by atoms with Gasteiger partial charge in [-0.25, -0.2) is 4.98 Å². The third kappa shape index (κ3) is 2.41. The van der Waals surface area contributed by atoms with E-state index in [0.717, 1.165) is 34.3 Å². The molecule has 1 N–H and O–H groups in total. The zero-order valence-corrected chi connectivity index (χ0v) is 13.4. The van der Waals surface area contributed by atoms with E-state index >= 15 is 0 Å². The number of nitrogens with zero attached hydrogens (tertiary/aromatic N) is 2. The molecule has 3 aromatic rings. The molecule has 1 aliphatic carbocycles. The van der Waals surface area contributed by atoms with Crippen molar-refractivity contribution < 1.29 is 4.79 Å². The second-order valence-corrected chi connectivity index (χ2v) is 6.43. The van der Waals surface area contributed by atoms with Gasteiger partial charge in [0.2, 0.25) is 0 Å². The van der Waals surface area contributed by atoms with E-state index in [1.54, 1.807) is 0 Å². The van der Waals surface area contributed by atoms with Gasteiger partial charge in [0.15, 0.2) is 5.69 Å². The van der Waals surface area contributed by atoms with Crippen molar-refractivity contribution in [1.82, 2.24) is 9.38 Å². The van der Waals surface area contributed by atoms with Crippen LogP contribution in [0.3, 0.4) is 0 Å². The minimum absolute atomic E-state index is 0.169. The van der Waals surface area contributed by atoms with Crippen LogP contribution < -0.4 is 5.32 Å². The van der Waals surface area contributed by atoms with Crippen molar-refractivity contribution >= 4 is 33.0 Å². The number of carbonyl (C=O) groups excluding carboxylic acids is 1. The summed E-state index contributed by atoms with van der Waals surface area (Å²) in [6.07, 6.45) is 4.29. The van der Waals surface area contributed by atoms with E-state index in [9.17, 15) is 4.79 Å². The summed E-state index contributed by atoms with van der Waals surface area (Å²) in [5.41, 5.74) is 2.11. The lowest BCUT2D eigenvalue weighted by Gasteiger charge is -2.03. The highest BCUT2D eigenvalue weighted by Crippen LogP contribution is 2.40. The van der Waals surface area contributed by atoms with Gasteiger partial charge < -0.3 is 9.72 Å². The highest BCUT2D eigenvalue weighted by atomic mass is 79.9. The second-order valence-electron chi connectivity index (χ2n) is 5.51. The molecule has 0 saturated heterocycles. The SMILES string of the molecule is O=C(Nc1ccc(Br)cc1)c1nc(C2CC2)n2ccccc12. The summed E-state index contributed by atoms with van der Waals surface area (Å²) < 4.78 is 3.02. The van der Waals surface area contributed by atoms with Gasteiger partial charge in [0.05, 0.1) is 5.52 Å². The number of fused-ring (bicyclic) bond motifs is 1. The van der Waals surface area contributed by atoms with E-state index < -0.39 is 0 Å². The molecule has 1 saturated carbocycles. The molecule has 0 bridgehead atoms. The minimum Gasteiger partial charge on any atom is -0.321 e. The van der Waals surface area contributed by atoms with Crippen molar-refractivity contribution in [3.8, 4) is 0 Å². The molecule has 1 aromatic carbocycles. The number of nitrogens with one attached hydrogen (secondary N) is 1. The monoisotopic (exact) mass is 355 g/mol. The first-order chi connectivity index (χ1) is 10.7. The Morgan fingerprint density at radius 2 is 1.95 bits per heavy atom. The van der Waals surface area contributed by atoms with E-state index in [2.05, 4.69) is 26.2 Å². The van der Waals surface area contributed by atoms with Crippen LogP contribution in [0.15, 0.2) is 53.1 Å². The van der Waals surface area contributed by atoms with E-state index in [1.807, 2.05) is 53.1 Å². The number of aromatic nitrogens is 2. The standard InChI is InChI=1S/C17H14BrN3O/c18-12-6-8-13(9-7-12)19-17(22)15-14-3-1-2-10-21(14)16(20-15)11-4-5-11/h1-3,6-11H,4-5H2,(H,19,22). The van der Waals surface area contributed by atoms with Crippen molar-refractivity contribution in [3.05, 3.63) is 64.7 Å². The fourth-order valence-electron chi connectivity index (χ4n) is 2.58. The summed E-state index contributed by atoms with van der Waals surface area (Å²) in [6.45, 7) is 0. The molecule has 110 valence electrons. The Labute approximate surface area is 136 Å². The number of carbonyl (C=O) groups is 1. The number of imidazole rings is 1. The first-order valence-corrected chi connectivity index (χ1v) is 8.05. The summed E-state index contributed by atoms with van der Waals surface area (Å²) in [6, 6.07) is 13.4. The number of rotatable bonds is 3. The Hall–Kier alpha value is -2.14. The Balaban J connectivity index is 1.71. The Kier molecular flexibility index (Phi) is 3.22. The highest BCUT2D eigenvalue weighted by Gasteiger charge is 2.30. The van der Waals surface area contributed by atoms with Crippen LogP contribution in [0.25, 0.3) is 5.52 Å². The number of halogens is 1. The largest absolute Gasteiger partial charge is 0.321 e. The average Bonchev–Trinajstić information content (AvgIpc) is 3.30. The molecule has 0 radical (unpaired) electrons. The van der Waals surface area contributed by atoms with Crippen LogP contribution in [0.2, 0.25) is 0 Å². The van der Waals surface area contributed by atoms with Gasteiger partial charge in [-0.3, -0.25) is 4.79 Å². The van der Waals surface area contributed by atoms with Crippen molar-refractivity contribution in [2.24, 2.45) is 0 Å². The molecule has 0 spiro atoms. The van der Waals surface area contributed by atoms with Crippen LogP contribution in [0.4, 0.5) is 5.69 Å². The Morgan fingerprint density at radius 1 is 1.18 bits per heavy atom. The molecule has 22 heavy (non-hydrogen) atoms. The molecule has 4 rings (SSSR count). The number of amides is 1. The van der Waals surface area contributed by atoms with Gasteiger partial charge in [-0.2, -0.15) is 0 Å². The zero-order valence-electron chi connectivity index (χ0n) is 11.8. The van der Waals surface area contributed by atoms with Gasteiger partial charge >= 0.3 is 0 Å². The predicted molar refractivity (Wildman–Crippen MR) is 89.3 cm³/mol. The maximum absolute atomic E-state index is 12.6. The van der Waals surface area contributed by atoms with Crippen LogP contribution in [0.1, 0.15) is 35.1 Å². The zero-order chi connectivity index (χ0) is 15.1. The van der Waals surface area contributed by atoms with Gasteiger partial charge in [-0.15, -0.1) is 0 Å². The number of pyridine rings is 1. The van der Waals surface area contributed by atoms with Gasteiger partial charge in [-0.05, 0) is 49.2 Å². The predicted octanol–water partition coefficient (Wildman–Crippen LogP) is 4.23. The van der Waals surface area contributed by atoms with E-state index in [-0.39, 0.29) is 5.91 Å². The van der Waals surface area contributed by atoms with Crippen LogP contribution >= 0.6 is 15.9 Å². The number of anilines is 1.